The number of carbonyl (C=O) groups excluding carboxylic acids is 1. The van der Waals surface area contributed by atoms with E-state index in [0.29, 0.717) is 29.7 Å². The van der Waals surface area contributed by atoms with Gasteiger partial charge in [0.25, 0.3) is 5.91 Å². The lowest BCUT2D eigenvalue weighted by Crippen LogP contribution is -2.28. The zero-order valence-corrected chi connectivity index (χ0v) is 11.6. The average Bonchev–Trinajstić information content (AvgIpc) is 3.06. The van der Waals surface area contributed by atoms with Crippen molar-refractivity contribution in [2.45, 2.75) is 13.5 Å². The van der Waals surface area contributed by atoms with E-state index in [9.17, 15) is 9.18 Å². The number of carbonyl (C=O) groups is 1. The Kier molecular flexibility index (Phi) is 3.43. The highest BCUT2D eigenvalue weighted by molar-refractivity contribution is 5.98. The van der Waals surface area contributed by atoms with Crippen LogP contribution in [0.5, 0.6) is 0 Å². The van der Waals surface area contributed by atoms with E-state index in [1.807, 2.05) is 17.7 Å². The summed E-state index contributed by atoms with van der Waals surface area (Å²) >= 11 is 0. The summed E-state index contributed by atoms with van der Waals surface area (Å²) in [5.41, 5.74) is 1.75. The quantitative estimate of drug-likeness (QED) is 0.772. The number of nitrogens with one attached hydrogen (secondary N) is 2. The molecule has 0 fully saturated rings. The van der Waals surface area contributed by atoms with Gasteiger partial charge in [0.2, 0.25) is 0 Å². The molecule has 0 saturated carbocycles. The minimum atomic E-state index is -0.362. The molecule has 0 aliphatic heterocycles. The number of hydrogen-bond acceptors (Lipinski definition) is 2. The molecule has 2 aromatic heterocycles. The number of halogens is 1. The maximum atomic E-state index is 13.6. The lowest BCUT2D eigenvalue weighted by Gasteiger charge is -2.05. The van der Waals surface area contributed by atoms with Crippen molar-refractivity contribution in [1.82, 2.24) is 20.1 Å². The maximum absolute atomic E-state index is 13.6. The van der Waals surface area contributed by atoms with Crippen LogP contribution in [0.4, 0.5) is 4.39 Å². The van der Waals surface area contributed by atoms with Crippen LogP contribution in [0, 0.1) is 12.7 Å². The minimum Gasteiger partial charge on any atom is -0.349 e. The number of aromatic nitrogens is 3. The Labute approximate surface area is 120 Å². The predicted octanol–water partition coefficient (Wildman–Crippen LogP) is 2.24. The van der Waals surface area contributed by atoms with Crippen LogP contribution < -0.4 is 5.32 Å². The highest BCUT2D eigenvalue weighted by Crippen LogP contribution is 2.18. The SMILES string of the molecule is Cc1ccnn1CCNC(=O)c1cc2cccc(F)c2[nH]1. The number of aromatic amines is 1. The van der Waals surface area contributed by atoms with Crippen LogP contribution in [0.15, 0.2) is 36.5 Å². The highest BCUT2D eigenvalue weighted by atomic mass is 19.1. The number of H-pyrrole nitrogens is 1. The van der Waals surface area contributed by atoms with E-state index in [1.165, 1.54) is 6.07 Å². The molecule has 0 spiro atoms. The minimum absolute atomic E-state index is 0.254. The summed E-state index contributed by atoms with van der Waals surface area (Å²) in [5, 5.41) is 7.61. The molecule has 0 bridgehead atoms. The lowest BCUT2D eigenvalue weighted by atomic mass is 10.2. The molecule has 1 amide bonds. The maximum Gasteiger partial charge on any atom is 0.267 e. The first-order valence-corrected chi connectivity index (χ1v) is 6.69. The van der Waals surface area contributed by atoms with E-state index in [2.05, 4.69) is 15.4 Å². The summed E-state index contributed by atoms with van der Waals surface area (Å²) in [6.45, 7) is 3.01. The number of hydrogen-bond donors (Lipinski definition) is 2. The van der Waals surface area contributed by atoms with Gasteiger partial charge >= 0.3 is 0 Å². The van der Waals surface area contributed by atoms with Gasteiger partial charge in [0, 0.05) is 23.8 Å². The number of rotatable bonds is 4. The van der Waals surface area contributed by atoms with Crippen LogP contribution in [0.25, 0.3) is 10.9 Å². The van der Waals surface area contributed by atoms with Crippen LogP contribution in [-0.4, -0.2) is 27.2 Å². The molecule has 2 N–H and O–H groups in total. The molecule has 0 radical (unpaired) electrons. The Morgan fingerprint density at radius 2 is 2.29 bits per heavy atom. The van der Waals surface area contributed by atoms with Gasteiger partial charge in [-0.25, -0.2) is 4.39 Å². The second kappa shape index (κ2) is 5.40. The van der Waals surface area contributed by atoms with Gasteiger partial charge in [-0.05, 0) is 25.1 Å². The summed E-state index contributed by atoms with van der Waals surface area (Å²) in [5.74, 6) is -0.617. The molecule has 0 unspecified atom stereocenters. The summed E-state index contributed by atoms with van der Waals surface area (Å²) in [4.78, 5) is 14.9. The summed E-state index contributed by atoms with van der Waals surface area (Å²) < 4.78 is 15.4. The third-order valence-corrected chi connectivity index (χ3v) is 3.39. The summed E-state index contributed by atoms with van der Waals surface area (Å²) in [6, 6.07) is 8.29. The Balaban J connectivity index is 1.67. The summed E-state index contributed by atoms with van der Waals surface area (Å²) in [6.07, 6.45) is 1.72. The fourth-order valence-corrected chi connectivity index (χ4v) is 2.24. The van der Waals surface area contributed by atoms with Crippen molar-refractivity contribution in [1.29, 1.82) is 0 Å². The molecule has 3 aromatic rings. The van der Waals surface area contributed by atoms with Crippen LogP contribution in [-0.2, 0) is 6.54 Å². The fraction of sp³-hybridized carbons (Fsp3) is 0.200. The van der Waals surface area contributed by atoms with Gasteiger partial charge in [0.05, 0.1) is 12.1 Å². The van der Waals surface area contributed by atoms with Crippen LogP contribution >= 0.6 is 0 Å². The first-order chi connectivity index (χ1) is 10.1. The monoisotopic (exact) mass is 286 g/mol. The number of amides is 1. The number of aryl methyl sites for hydroxylation is 1. The van der Waals surface area contributed by atoms with Crippen LogP contribution in [0.2, 0.25) is 0 Å². The molecule has 108 valence electrons. The van der Waals surface area contributed by atoms with Gasteiger partial charge in [-0.2, -0.15) is 5.10 Å². The topological polar surface area (TPSA) is 62.7 Å². The van der Waals surface area contributed by atoms with Gasteiger partial charge in [-0.1, -0.05) is 12.1 Å². The fourth-order valence-electron chi connectivity index (χ4n) is 2.24. The largest absolute Gasteiger partial charge is 0.349 e. The molecular weight excluding hydrogens is 271 g/mol. The first-order valence-electron chi connectivity index (χ1n) is 6.69. The van der Waals surface area contributed by atoms with Crippen molar-refractivity contribution in [2.75, 3.05) is 6.54 Å². The molecule has 0 saturated heterocycles. The molecule has 21 heavy (non-hydrogen) atoms. The normalized spacial score (nSPS) is 11.0. The van der Waals surface area contributed by atoms with E-state index in [0.717, 1.165) is 5.69 Å². The molecule has 1 aromatic carbocycles. The smallest absolute Gasteiger partial charge is 0.267 e. The van der Waals surface area contributed by atoms with Crippen molar-refractivity contribution in [2.24, 2.45) is 0 Å². The predicted molar refractivity (Wildman–Crippen MR) is 77.6 cm³/mol. The molecule has 6 heteroatoms. The molecule has 3 rings (SSSR count). The van der Waals surface area contributed by atoms with E-state index in [4.69, 9.17) is 0 Å². The van der Waals surface area contributed by atoms with Crippen LogP contribution in [0.3, 0.4) is 0 Å². The van der Waals surface area contributed by atoms with Crippen molar-refractivity contribution in [3.05, 3.63) is 53.7 Å². The Hall–Kier alpha value is -2.63. The zero-order chi connectivity index (χ0) is 14.8. The second-order valence-electron chi connectivity index (χ2n) is 4.84. The van der Waals surface area contributed by atoms with Crippen LogP contribution in [0.1, 0.15) is 16.2 Å². The Bertz CT molecular complexity index is 790. The van der Waals surface area contributed by atoms with Gasteiger partial charge in [0.15, 0.2) is 0 Å². The van der Waals surface area contributed by atoms with Crippen molar-refractivity contribution < 1.29 is 9.18 Å². The van der Waals surface area contributed by atoms with E-state index in [1.54, 1.807) is 24.4 Å². The average molecular weight is 286 g/mol. The molecule has 0 atom stereocenters. The van der Waals surface area contributed by atoms with Gasteiger partial charge < -0.3 is 10.3 Å². The van der Waals surface area contributed by atoms with Gasteiger partial charge in [0.1, 0.15) is 11.5 Å². The van der Waals surface area contributed by atoms with E-state index in [-0.39, 0.29) is 11.7 Å². The van der Waals surface area contributed by atoms with Gasteiger partial charge in [-0.15, -0.1) is 0 Å². The van der Waals surface area contributed by atoms with E-state index < -0.39 is 0 Å². The number of para-hydroxylation sites is 1. The molecule has 2 heterocycles. The zero-order valence-electron chi connectivity index (χ0n) is 11.6. The molecule has 0 aliphatic carbocycles. The molecule has 5 nitrogen and oxygen atoms in total. The lowest BCUT2D eigenvalue weighted by molar-refractivity contribution is 0.0947. The first kappa shape index (κ1) is 13.4. The van der Waals surface area contributed by atoms with Crippen molar-refractivity contribution in [3.8, 4) is 0 Å². The number of fused-ring (bicyclic) bond motifs is 1. The van der Waals surface area contributed by atoms with Crippen molar-refractivity contribution in [3.63, 3.8) is 0 Å². The standard InChI is InChI=1S/C15H15FN4O/c1-10-5-6-18-20(10)8-7-17-15(21)13-9-11-3-2-4-12(16)14(11)19-13/h2-6,9,19H,7-8H2,1H3,(H,17,21). The van der Waals surface area contributed by atoms with Gasteiger partial charge in [-0.3, -0.25) is 9.48 Å². The van der Waals surface area contributed by atoms with E-state index >= 15 is 0 Å². The Morgan fingerprint density at radius 1 is 1.43 bits per heavy atom. The third kappa shape index (κ3) is 2.65. The number of nitrogens with zero attached hydrogens (tertiary/aromatic N) is 2. The third-order valence-electron chi connectivity index (χ3n) is 3.39. The summed E-state index contributed by atoms with van der Waals surface area (Å²) in [7, 11) is 0. The highest BCUT2D eigenvalue weighted by Gasteiger charge is 2.11. The molecular formula is C15H15FN4O. The second-order valence-corrected chi connectivity index (χ2v) is 4.84. The van der Waals surface area contributed by atoms with Crippen molar-refractivity contribution >= 4 is 16.8 Å². The number of benzene rings is 1. The molecule has 0 aliphatic rings. The Morgan fingerprint density at radius 3 is 3.00 bits per heavy atom.